The van der Waals surface area contributed by atoms with Crippen LogP contribution < -0.4 is 16.3 Å². The molecule has 0 aliphatic heterocycles. The number of aromatic amines is 1. The van der Waals surface area contributed by atoms with Gasteiger partial charge in [0.2, 0.25) is 0 Å². The smallest absolute Gasteiger partial charge is 0.255 e. The van der Waals surface area contributed by atoms with Crippen LogP contribution in [0.5, 0.6) is 0 Å². The number of hydrogen-bond donors (Lipinski definition) is 2. The standard InChI is InChI=1S/C25H17F2N3O3/c1-30-21-5-3-2-4-13(21)8-14(25(30)33)12-28-24(32)19-11-16(27)10-18-22(19)29-20-7-6-15(26)9-17(20)23(18)31/h2-11H,12H2,1H3,(H,28,32)(H,29,31). The molecule has 8 heteroatoms. The first kappa shape index (κ1) is 20.6. The monoisotopic (exact) mass is 445 g/mol. The molecule has 164 valence electrons. The summed E-state index contributed by atoms with van der Waals surface area (Å²) < 4.78 is 29.4. The summed E-state index contributed by atoms with van der Waals surface area (Å²) in [5.74, 6) is -2.04. The van der Waals surface area contributed by atoms with Crippen molar-refractivity contribution in [2.24, 2.45) is 7.05 Å². The van der Waals surface area contributed by atoms with E-state index in [2.05, 4.69) is 10.3 Å². The van der Waals surface area contributed by atoms with E-state index in [1.165, 1.54) is 16.7 Å². The molecule has 33 heavy (non-hydrogen) atoms. The number of H-pyrrole nitrogens is 1. The van der Waals surface area contributed by atoms with E-state index in [4.69, 9.17) is 0 Å². The summed E-state index contributed by atoms with van der Waals surface area (Å²) in [4.78, 5) is 41.4. The van der Waals surface area contributed by atoms with Gasteiger partial charge in [0.05, 0.1) is 16.6 Å². The fourth-order valence-electron chi connectivity index (χ4n) is 4.08. The fourth-order valence-corrected chi connectivity index (χ4v) is 4.08. The van der Waals surface area contributed by atoms with Crippen LogP contribution in [-0.4, -0.2) is 15.5 Å². The lowest BCUT2D eigenvalue weighted by molar-refractivity contribution is 0.0952. The molecule has 0 saturated carbocycles. The average Bonchev–Trinajstić information content (AvgIpc) is 2.81. The van der Waals surface area contributed by atoms with E-state index in [1.54, 1.807) is 13.1 Å². The highest BCUT2D eigenvalue weighted by Gasteiger charge is 2.17. The predicted molar refractivity (Wildman–Crippen MR) is 122 cm³/mol. The van der Waals surface area contributed by atoms with Crippen LogP contribution in [0.25, 0.3) is 32.7 Å². The molecule has 2 heterocycles. The second kappa shape index (κ2) is 7.67. The summed E-state index contributed by atoms with van der Waals surface area (Å²) in [7, 11) is 1.65. The Balaban J connectivity index is 1.57. The zero-order valence-corrected chi connectivity index (χ0v) is 17.4. The predicted octanol–water partition coefficient (Wildman–Crippen LogP) is 3.74. The number of halogens is 2. The van der Waals surface area contributed by atoms with Gasteiger partial charge in [-0.2, -0.15) is 0 Å². The van der Waals surface area contributed by atoms with Crippen molar-refractivity contribution in [1.29, 1.82) is 0 Å². The number of amides is 1. The van der Waals surface area contributed by atoms with Crippen LogP contribution in [0.1, 0.15) is 15.9 Å². The first-order valence-electron chi connectivity index (χ1n) is 10.1. The van der Waals surface area contributed by atoms with E-state index >= 15 is 0 Å². The topological polar surface area (TPSA) is 84.0 Å². The number of para-hydroxylation sites is 1. The Morgan fingerprint density at radius 3 is 2.55 bits per heavy atom. The Hall–Kier alpha value is -4.33. The molecule has 0 radical (unpaired) electrons. The molecule has 2 N–H and O–H groups in total. The summed E-state index contributed by atoms with van der Waals surface area (Å²) in [5.41, 5.74) is 0.623. The molecule has 0 saturated heterocycles. The average molecular weight is 445 g/mol. The highest BCUT2D eigenvalue weighted by atomic mass is 19.1. The highest BCUT2D eigenvalue weighted by molar-refractivity contribution is 6.07. The lowest BCUT2D eigenvalue weighted by Gasteiger charge is -2.11. The van der Waals surface area contributed by atoms with Crippen LogP contribution in [0.15, 0.2) is 70.3 Å². The molecular weight excluding hydrogens is 428 g/mol. The summed E-state index contributed by atoms with van der Waals surface area (Å²) >= 11 is 0. The summed E-state index contributed by atoms with van der Waals surface area (Å²) in [6.07, 6.45) is 0. The van der Waals surface area contributed by atoms with E-state index in [0.717, 1.165) is 29.1 Å². The Bertz CT molecular complexity index is 1720. The molecule has 0 spiro atoms. The number of benzene rings is 3. The molecule has 0 bridgehead atoms. The van der Waals surface area contributed by atoms with Gasteiger partial charge in [0.1, 0.15) is 11.6 Å². The van der Waals surface area contributed by atoms with Crippen molar-refractivity contribution >= 4 is 38.6 Å². The maximum Gasteiger partial charge on any atom is 0.255 e. The van der Waals surface area contributed by atoms with E-state index in [9.17, 15) is 23.2 Å². The van der Waals surface area contributed by atoms with E-state index in [-0.39, 0.29) is 34.0 Å². The number of nitrogens with zero attached hydrogens (tertiary/aromatic N) is 1. The van der Waals surface area contributed by atoms with Gasteiger partial charge in [-0.25, -0.2) is 8.78 Å². The lowest BCUT2D eigenvalue weighted by atomic mass is 10.0. The minimum Gasteiger partial charge on any atom is -0.354 e. The van der Waals surface area contributed by atoms with Crippen LogP contribution in [0.4, 0.5) is 8.78 Å². The number of aryl methyl sites for hydroxylation is 1. The van der Waals surface area contributed by atoms with Crippen LogP contribution in [0, 0.1) is 11.6 Å². The fraction of sp³-hybridized carbons (Fsp3) is 0.0800. The number of carbonyl (C=O) groups excluding carboxylic acids is 1. The second-order valence-corrected chi connectivity index (χ2v) is 7.80. The second-order valence-electron chi connectivity index (χ2n) is 7.80. The molecule has 0 fully saturated rings. The van der Waals surface area contributed by atoms with E-state index in [0.29, 0.717) is 11.1 Å². The summed E-state index contributed by atoms with van der Waals surface area (Å²) in [6.45, 7) is -0.0859. The minimum absolute atomic E-state index is 0.0547. The maximum atomic E-state index is 14.3. The van der Waals surface area contributed by atoms with Crippen molar-refractivity contribution in [2.75, 3.05) is 0 Å². The van der Waals surface area contributed by atoms with E-state index < -0.39 is 23.0 Å². The van der Waals surface area contributed by atoms with Crippen LogP contribution in [0.2, 0.25) is 0 Å². The van der Waals surface area contributed by atoms with Crippen molar-refractivity contribution in [3.05, 3.63) is 104 Å². The zero-order chi connectivity index (χ0) is 23.3. The Morgan fingerprint density at radius 1 is 0.970 bits per heavy atom. The van der Waals surface area contributed by atoms with Crippen molar-refractivity contribution in [3.63, 3.8) is 0 Å². The molecule has 0 aliphatic rings. The van der Waals surface area contributed by atoms with Gasteiger partial charge in [0, 0.05) is 35.4 Å². The third-order valence-electron chi connectivity index (χ3n) is 5.72. The van der Waals surface area contributed by atoms with Crippen LogP contribution in [-0.2, 0) is 13.6 Å². The number of pyridine rings is 2. The third-order valence-corrected chi connectivity index (χ3v) is 5.72. The Labute approximate surface area is 185 Å². The third kappa shape index (κ3) is 3.45. The van der Waals surface area contributed by atoms with Gasteiger partial charge in [0.15, 0.2) is 5.43 Å². The Morgan fingerprint density at radius 2 is 1.73 bits per heavy atom. The molecule has 5 rings (SSSR count). The van der Waals surface area contributed by atoms with Crippen molar-refractivity contribution in [3.8, 4) is 0 Å². The van der Waals surface area contributed by atoms with Gasteiger partial charge < -0.3 is 14.9 Å². The molecule has 2 aromatic heterocycles. The number of rotatable bonds is 3. The maximum absolute atomic E-state index is 14.3. The SMILES string of the molecule is Cn1c(=O)c(CNC(=O)c2cc(F)cc3c(=O)c4cc(F)ccc4[nH]c23)cc2ccccc21. The van der Waals surface area contributed by atoms with Gasteiger partial charge in [-0.05, 0) is 47.9 Å². The first-order valence-corrected chi connectivity index (χ1v) is 10.1. The molecular formula is C25H17F2N3O3. The number of aromatic nitrogens is 2. The Kier molecular flexibility index (Phi) is 4.78. The number of nitrogens with one attached hydrogen (secondary N) is 2. The first-order chi connectivity index (χ1) is 15.8. The lowest BCUT2D eigenvalue weighted by Crippen LogP contribution is -2.29. The van der Waals surface area contributed by atoms with Crippen molar-refractivity contribution < 1.29 is 13.6 Å². The summed E-state index contributed by atoms with van der Waals surface area (Å²) in [6, 6.07) is 14.7. The zero-order valence-electron chi connectivity index (χ0n) is 17.4. The number of fused-ring (bicyclic) bond motifs is 3. The molecule has 0 aliphatic carbocycles. The normalized spacial score (nSPS) is 11.4. The van der Waals surface area contributed by atoms with Gasteiger partial charge in [-0.1, -0.05) is 18.2 Å². The molecule has 0 unspecified atom stereocenters. The molecule has 6 nitrogen and oxygen atoms in total. The molecule has 5 aromatic rings. The van der Waals surface area contributed by atoms with Crippen molar-refractivity contribution in [2.45, 2.75) is 6.54 Å². The minimum atomic E-state index is -0.782. The van der Waals surface area contributed by atoms with Crippen molar-refractivity contribution in [1.82, 2.24) is 14.9 Å². The molecule has 1 amide bonds. The van der Waals surface area contributed by atoms with Gasteiger partial charge in [0.25, 0.3) is 11.5 Å². The van der Waals surface area contributed by atoms with Crippen LogP contribution >= 0.6 is 0 Å². The molecule has 0 atom stereocenters. The van der Waals surface area contributed by atoms with Gasteiger partial charge in [-0.15, -0.1) is 0 Å². The molecule has 3 aromatic carbocycles. The van der Waals surface area contributed by atoms with E-state index in [1.807, 2.05) is 24.3 Å². The number of carbonyl (C=O) groups is 1. The van der Waals surface area contributed by atoms with Crippen LogP contribution in [0.3, 0.4) is 0 Å². The summed E-state index contributed by atoms with van der Waals surface area (Å²) in [5, 5.41) is 3.46. The number of hydrogen-bond acceptors (Lipinski definition) is 3. The quantitative estimate of drug-likeness (QED) is 0.415. The van der Waals surface area contributed by atoms with Gasteiger partial charge in [-0.3, -0.25) is 14.4 Å². The largest absolute Gasteiger partial charge is 0.354 e. The highest BCUT2D eigenvalue weighted by Crippen LogP contribution is 2.21. The van der Waals surface area contributed by atoms with Gasteiger partial charge >= 0.3 is 0 Å².